The number of rotatable bonds is 5. The molecule has 136 valence electrons. The van der Waals surface area contributed by atoms with Gasteiger partial charge >= 0.3 is 6.09 Å². The number of ether oxygens (including phenoxy) is 1. The quantitative estimate of drug-likeness (QED) is 0.759. The maximum absolute atomic E-state index is 11.7. The Kier molecular flexibility index (Phi) is 5.37. The van der Waals surface area contributed by atoms with Crippen molar-refractivity contribution in [3.05, 3.63) is 35.8 Å². The van der Waals surface area contributed by atoms with Crippen LogP contribution in [0.4, 0.5) is 16.3 Å². The lowest BCUT2D eigenvalue weighted by Gasteiger charge is -2.14. The van der Waals surface area contributed by atoms with Crippen LogP contribution in [-0.2, 0) is 4.74 Å². The molecule has 0 radical (unpaired) electrons. The molecule has 1 aliphatic rings. The predicted octanol–water partition coefficient (Wildman–Crippen LogP) is 3.19. The highest BCUT2D eigenvalue weighted by Gasteiger charge is 2.30. The number of pyridine rings is 1. The number of alkyl carbamates (subject to hydrolysis) is 1. The van der Waals surface area contributed by atoms with E-state index in [0.717, 1.165) is 30.6 Å². The van der Waals surface area contributed by atoms with Crippen LogP contribution < -0.4 is 10.6 Å². The van der Waals surface area contributed by atoms with Gasteiger partial charge in [-0.2, -0.15) is 10.4 Å². The third kappa shape index (κ3) is 4.51. The summed E-state index contributed by atoms with van der Waals surface area (Å²) in [5.74, 6) is 0.974. The maximum atomic E-state index is 11.7. The molecule has 8 nitrogen and oxygen atoms in total. The summed E-state index contributed by atoms with van der Waals surface area (Å²) >= 11 is 0. The maximum Gasteiger partial charge on any atom is 0.407 e. The number of nitrogens with zero attached hydrogens (tertiary/aromatic N) is 3. The molecule has 1 amide bonds. The average Bonchev–Trinajstić information content (AvgIpc) is 3.24. The Morgan fingerprint density at radius 3 is 2.96 bits per heavy atom. The highest BCUT2D eigenvalue weighted by Crippen LogP contribution is 2.36. The van der Waals surface area contributed by atoms with E-state index in [1.807, 2.05) is 26.0 Å². The molecule has 2 heterocycles. The number of nitrogens with one attached hydrogen (secondary N) is 3. The lowest BCUT2D eigenvalue weighted by atomic mass is 10.0. The third-order valence-electron chi connectivity index (χ3n) is 4.25. The first-order valence-electron chi connectivity index (χ1n) is 8.69. The molecule has 1 aliphatic carbocycles. The Bertz CT molecular complexity index is 793. The second-order valence-electron chi connectivity index (χ2n) is 6.71. The van der Waals surface area contributed by atoms with E-state index in [1.165, 1.54) is 0 Å². The van der Waals surface area contributed by atoms with Gasteiger partial charge in [-0.25, -0.2) is 9.78 Å². The molecule has 0 unspecified atom stereocenters. The van der Waals surface area contributed by atoms with Gasteiger partial charge in [0.1, 0.15) is 17.9 Å². The zero-order chi connectivity index (χ0) is 18.5. The van der Waals surface area contributed by atoms with E-state index >= 15 is 0 Å². The highest BCUT2D eigenvalue weighted by atomic mass is 16.6. The van der Waals surface area contributed by atoms with E-state index < -0.39 is 0 Å². The molecule has 2 aromatic rings. The van der Waals surface area contributed by atoms with Crippen molar-refractivity contribution in [2.75, 3.05) is 5.32 Å². The fourth-order valence-corrected chi connectivity index (χ4v) is 3.04. The summed E-state index contributed by atoms with van der Waals surface area (Å²) < 4.78 is 5.46. The van der Waals surface area contributed by atoms with Crippen molar-refractivity contribution in [2.24, 2.45) is 0 Å². The third-order valence-corrected chi connectivity index (χ3v) is 4.25. The number of carbonyl (C=O) groups excluding carboxylic acids is 1. The predicted molar refractivity (Wildman–Crippen MR) is 96.0 cm³/mol. The fourth-order valence-electron chi connectivity index (χ4n) is 3.04. The number of aromatic nitrogens is 3. The molecule has 26 heavy (non-hydrogen) atoms. The molecule has 2 aromatic heterocycles. The van der Waals surface area contributed by atoms with Gasteiger partial charge in [-0.15, -0.1) is 0 Å². The lowest BCUT2D eigenvalue weighted by molar-refractivity contribution is 0.0981. The monoisotopic (exact) mass is 354 g/mol. The molecule has 0 aliphatic heterocycles. The molecule has 0 bridgehead atoms. The summed E-state index contributed by atoms with van der Waals surface area (Å²) in [7, 11) is 0. The standard InChI is InChI=1S/C18H22N6O2/c1-11(2)21-18(25)26-15-6-3-12(7-15)16-8-17(24-23-16)22-14-5-4-13(9-19)20-10-14/h4-5,8,10-12,15H,3,6-7H2,1-2H3,(H,21,25)(H2,22,23,24)/t12-,15+/m0/s1. The molecule has 0 saturated heterocycles. The summed E-state index contributed by atoms with van der Waals surface area (Å²) in [6.07, 6.45) is 3.75. The number of hydrogen-bond donors (Lipinski definition) is 3. The SMILES string of the molecule is CC(C)NC(=O)O[C@@H]1CC[C@H](c2cc(Nc3ccc(C#N)nc3)n[nH]2)C1. The number of aromatic amines is 1. The molecule has 0 spiro atoms. The summed E-state index contributed by atoms with van der Waals surface area (Å²) in [4.78, 5) is 15.7. The molecule has 3 rings (SSSR count). The van der Waals surface area contributed by atoms with E-state index in [-0.39, 0.29) is 24.2 Å². The lowest BCUT2D eigenvalue weighted by Crippen LogP contribution is -2.33. The Balaban J connectivity index is 1.55. The van der Waals surface area contributed by atoms with Crippen LogP contribution in [0.15, 0.2) is 24.4 Å². The molecule has 2 atom stereocenters. The molecule has 0 aromatic carbocycles. The van der Waals surface area contributed by atoms with Gasteiger partial charge in [0.25, 0.3) is 0 Å². The minimum Gasteiger partial charge on any atom is -0.446 e. The number of amides is 1. The van der Waals surface area contributed by atoms with Crippen LogP contribution >= 0.6 is 0 Å². The Morgan fingerprint density at radius 1 is 1.42 bits per heavy atom. The zero-order valence-corrected chi connectivity index (χ0v) is 14.8. The number of H-pyrrole nitrogens is 1. The number of nitriles is 1. The molecule has 1 saturated carbocycles. The van der Waals surface area contributed by atoms with Gasteiger partial charge in [0.2, 0.25) is 0 Å². The summed E-state index contributed by atoms with van der Waals surface area (Å²) in [6.45, 7) is 3.81. The first-order chi connectivity index (χ1) is 12.5. The molecule has 8 heteroatoms. The van der Waals surface area contributed by atoms with Crippen molar-refractivity contribution >= 4 is 17.6 Å². The zero-order valence-electron chi connectivity index (χ0n) is 14.8. The van der Waals surface area contributed by atoms with Crippen LogP contribution in [0.3, 0.4) is 0 Å². The second kappa shape index (κ2) is 7.87. The van der Waals surface area contributed by atoms with Crippen molar-refractivity contribution in [3.63, 3.8) is 0 Å². The van der Waals surface area contributed by atoms with Crippen LogP contribution in [0.25, 0.3) is 0 Å². The smallest absolute Gasteiger partial charge is 0.407 e. The van der Waals surface area contributed by atoms with E-state index in [9.17, 15) is 4.79 Å². The first-order valence-corrected chi connectivity index (χ1v) is 8.69. The Morgan fingerprint density at radius 2 is 2.27 bits per heavy atom. The van der Waals surface area contributed by atoms with E-state index in [2.05, 4.69) is 25.8 Å². The van der Waals surface area contributed by atoms with Gasteiger partial charge < -0.3 is 15.4 Å². The fraction of sp³-hybridized carbons (Fsp3) is 0.444. The molecule has 1 fully saturated rings. The van der Waals surface area contributed by atoms with Crippen molar-refractivity contribution < 1.29 is 9.53 Å². The second-order valence-corrected chi connectivity index (χ2v) is 6.71. The molecule has 3 N–H and O–H groups in total. The largest absolute Gasteiger partial charge is 0.446 e. The Hall–Kier alpha value is -3.08. The van der Waals surface area contributed by atoms with Crippen molar-refractivity contribution in [3.8, 4) is 6.07 Å². The minimum atomic E-state index is -0.356. The minimum absolute atomic E-state index is 0.0673. The Labute approximate surface area is 152 Å². The number of anilines is 2. The van der Waals surface area contributed by atoms with Crippen molar-refractivity contribution in [1.29, 1.82) is 5.26 Å². The molecular weight excluding hydrogens is 332 g/mol. The number of hydrogen-bond acceptors (Lipinski definition) is 6. The van der Waals surface area contributed by atoms with Gasteiger partial charge in [0.05, 0.1) is 11.9 Å². The van der Waals surface area contributed by atoms with Gasteiger partial charge in [-0.3, -0.25) is 5.10 Å². The van der Waals surface area contributed by atoms with Crippen LogP contribution in [0.2, 0.25) is 0 Å². The van der Waals surface area contributed by atoms with E-state index in [4.69, 9.17) is 10.00 Å². The molecular formula is C18H22N6O2. The van der Waals surface area contributed by atoms with Crippen LogP contribution in [0.5, 0.6) is 0 Å². The average molecular weight is 354 g/mol. The normalized spacial score (nSPS) is 19.2. The van der Waals surface area contributed by atoms with Gasteiger partial charge in [0, 0.05) is 23.7 Å². The van der Waals surface area contributed by atoms with Crippen LogP contribution in [0.1, 0.15) is 50.4 Å². The summed E-state index contributed by atoms with van der Waals surface area (Å²) in [5, 5.41) is 22.0. The highest BCUT2D eigenvalue weighted by molar-refractivity contribution is 5.67. The topological polar surface area (TPSA) is 116 Å². The van der Waals surface area contributed by atoms with Gasteiger partial charge in [0.15, 0.2) is 5.82 Å². The van der Waals surface area contributed by atoms with Crippen LogP contribution in [-0.4, -0.2) is 33.4 Å². The van der Waals surface area contributed by atoms with E-state index in [0.29, 0.717) is 11.5 Å². The first kappa shape index (κ1) is 17.7. The van der Waals surface area contributed by atoms with Crippen LogP contribution in [0, 0.1) is 11.3 Å². The number of carbonyl (C=O) groups is 1. The van der Waals surface area contributed by atoms with E-state index in [1.54, 1.807) is 18.3 Å². The van der Waals surface area contributed by atoms with Crippen molar-refractivity contribution in [2.45, 2.75) is 51.2 Å². The summed E-state index contributed by atoms with van der Waals surface area (Å²) in [5.41, 5.74) is 2.15. The van der Waals surface area contributed by atoms with Crippen molar-refractivity contribution in [1.82, 2.24) is 20.5 Å². The van der Waals surface area contributed by atoms with Gasteiger partial charge in [-0.1, -0.05) is 0 Å². The van der Waals surface area contributed by atoms with Gasteiger partial charge in [-0.05, 0) is 45.2 Å². The summed E-state index contributed by atoms with van der Waals surface area (Å²) in [6, 6.07) is 7.45.